The number of carbonyl (C=O) groups excluding carboxylic acids is 3. The SMILES string of the molecule is O=C(OC1=C(O)C(=O)c2ccccc2C1=O)C1=C(O)c2ccccc2C1=Nc1ccccc1Cl. The maximum Gasteiger partial charge on any atom is 0.349 e. The van der Waals surface area contributed by atoms with Gasteiger partial charge in [-0.05, 0) is 12.1 Å². The summed E-state index contributed by atoms with van der Waals surface area (Å²) in [6.45, 7) is 0. The smallest absolute Gasteiger partial charge is 0.349 e. The summed E-state index contributed by atoms with van der Waals surface area (Å²) in [5, 5.41) is 21.5. The summed E-state index contributed by atoms with van der Waals surface area (Å²) < 4.78 is 5.22. The number of halogens is 1. The first-order chi connectivity index (χ1) is 16.4. The molecule has 0 spiro atoms. The molecule has 0 saturated carbocycles. The number of aliphatic imine (C=N–C) groups is 1. The fourth-order valence-electron chi connectivity index (χ4n) is 3.83. The number of fused-ring (bicyclic) bond motifs is 2. The van der Waals surface area contributed by atoms with Gasteiger partial charge in [0, 0.05) is 22.3 Å². The molecule has 2 aliphatic carbocycles. The quantitative estimate of drug-likeness (QED) is 0.511. The highest BCUT2D eigenvalue weighted by molar-refractivity contribution is 6.37. The van der Waals surface area contributed by atoms with Crippen LogP contribution in [0.4, 0.5) is 5.69 Å². The molecule has 8 heteroatoms. The molecule has 0 aliphatic heterocycles. The first-order valence-corrected chi connectivity index (χ1v) is 10.5. The van der Waals surface area contributed by atoms with Crippen LogP contribution in [0.25, 0.3) is 5.76 Å². The van der Waals surface area contributed by atoms with Crippen molar-refractivity contribution >= 4 is 46.3 Å². The molecule has 5 rings (SSSR count). The fraction of sp³-hybridized carbons (Fsp3) is 0. The van der Waals surface area contributed by atoms with Gasteiger partial charge in [-0.1, -0.05) is 72.3 Å². The fourth-order valence-corrected chi connectivity index (χ4v) is 4.01. The zero-order valence-electron chi connectivity index (χ0n) is 17.3. The summed E-state index contributed by atoms with van der Waals surface area (Å²) in [6, 6.07) is 19.2. The molecule has 34 heavy (non-hydrogen) atoms. The van der Waals surface area contributed by atoms with Crippen LogP contribution in [0.3, 0.4) is 0 Å². The lowest BCUT2D eigenvalue weighted by atomic mass is 9.92. The van der Waals surface area contributed by atoms with Crippen molar-refractivity contribution in [1.29, 1.82) is 0 Å². The van der Waals surface area contributed by atoms with Crippen LogP contribution >= 0.6 is 11.6 Å². The number of para-hydroxylation sites is 1. The van der Waals surface area contributed by atoms with E-state index in [1.807, 2.05) is 0 Å². The molecule has 0 atom stereocenters. The molecule has 0 amide bonds. The van der Waals surface area contributed by atoms with E-state index in [2.05, 4.69) is 4.99 Å². The number of allylic oxidation sites excluding steroid dienone is 2. The van der Waals surface area contributed by atoms with Gasteiger partial charge in [-0.2, -0.15) is 0 Å². The van der Waals surface area contributed by atoms with Crippen LogP contribution in [0.5, 0.6) is 0 Å². The maximum atomic E-state index is 13.2. The summed E-state index contributed by atoms with van der Waals surface area (Å²) in [6.07, 6.45) is 0. The highest BCUT2D eigenvalue weighted by atomic mass is 35.5. The Morgan fingerprint density at radius 1 is 0.735 bits per heavy atom. The number of aliphatic hydroxyl groups excluding tert-OH is 2. The Morgan fingerprint density at radius 2 is 1.29 bits per heavy atom. The van der Waals surface area contributed by atoms with Crippen LogP contribution in [0.1, 0.15) is 31.8 Å². The first kappa shape index (κ1) is 21.4. The van der Waals surface area contributed by atoms with Crippen molar-refractivity contribution in [1.82, 2.24) is 0 Å². The predicted octanol–water partition coefficient (Wildman–Crippen LogP) is 5.14. The number of esters is 1. The van der Waals surface area contributed by atoms with Gasteiger partial charge in [-0.25, -0.2) is 9.79 Å². The lowest BCUT2D eigenvalue weighted by Crippen LogP contribution is -2.26. The minimum atomic E-state index is -1.17. The van der Waals surface area contributed by atoms with E-state index in [0.717, 1.165) is 0 Å². The van der Waals surface area contributed by atoms with Gasteiger partial charge >= 0.3 is 5.97 Å². The van der Waals surface area contributed by atoms with Gasteiger partial charge in [0.2, 0.25) is 23.1 Å². The zero-order valence-corrected chi connectivity index (χ0v) is 18.0. The van der Waals surface area contributed by atoms with Crippen molar-refractivity contribution in [2.75, 3.05) is 0 Å². The molecule has 7 nitrogen and oxygen atoms in total. The second-order valence-corrected chi connectivity index (χ2v) is 7.86. The highest BCUT2D eigenvalue weighted by Crippen LogP contribution is 2.36. The van der Waals surface area contributed by atoms with E-state index in [-0.39, 0.29) is 22.4 Å². The lowest BCUT2D eigenvalue weighted by Gasteiger charge is -2.17. The molecule has 0 bridgehead atoms. The molecule has 0 radical (unpaired) electrons. The van der Waals surface area contributed by atoms with Crippen molar-refractivity contribution in [3.8, 4) is 0 Å². The minimum Gasteiger partial charge on any atom is -0.506 e. The first-order valence-electron chi connectivity index (χ1n) is 10.1. The van der Waals surface area contributed by atoms with Gasteiger partial charge in [0.25, 0.3) is 0 Å². The monoisotopic (exact) mass is 471 g/mol. The van der Waals surface area contributed by atoms with E-state index >= 15 is 0 Å². The summed E-state index contributed by atoms with van der Waals surface area (Å²) in [5.74, 6) is -5.07. The third-order valence-electron chi connectivity index (χ3n) is 5.45. The van der Waals surface area contributed by atoms with Crippen LogP contribution in [-0.4, -0.2) is 33.5 Å². The molecule has 2 N–H and O–H groups in total. The van der Waals surface area contributed by atoms with Crippen molar-refractivity contribution in [3.63, 3.8) is 0 Å². The van der Waals surface area contributed by atoms with Gasteiger partial charge in [-0.15, -0.1) is 0 Å². The Morgan fingerprint density at radius 3 is 1.97 bits per heavy atom. The number of hydrogen-bond acceptors (Lipinski definition) is 7. The number of ketones is 2. The Hall–Kier alpha value is -4.49. The Bertz CT molecular complexity index is 1510. The number of ether oxygens (including phenoxy) is 1. The zero-order chi connectivity index (χ0) is 24.0. The minimum absolute atomic E-state index is 0.00102. The van der Waals surface area contributed by atoms with Crippen LogP contribution < -0.4 is 0 Å². The van der Waals surface area contributed by atoms with E-state index in [1.165, 1.54) is 12.1 Å². The molecule has 0 unspecified atom stereocenters. The molecule has 0 aromatic heterocycles. The van der Waals surface area contributed by atoms with E-state index in [4.69, 9.17) is 16.3 Å². The van der Waals surface area contributed by atoms with Crippen LogP contribution in [-0.2, 0) is 9.53 Å². The van der Waals surface area contributed by atoms with E-state index in [1.54, 1.807) is 60.7 Å². The predicted molar refractivity (Wildman–Crippen MR) is 124 cm³/mol. The summed E-state index contributed by atoms with van der Waals surface area (Å²) in [4.78, 5) is 43.1. The topological polar surface area (TPSA) is 113 Å². The number of nitrogens with zero attached hydrogens (tertiary/aromatic N) is 1. The molecule has 2 aliphatic rings. The van der Waals surface area contributed by atoms with Crippen molar-refractivity contribution in [2.24, 2.45) is 4.99 Å². The van der Waals surface area contributed by atoms with Gasteiger partial charge in [0.05, 0.1) is 16.4 Å². The average molecular weight is 472 g/mol. The summed E-state index contributed by atoms with van der Waals surface area (Å²) >= 11 is 6.23. The van der Waals surface area contributed by atoms with E-state index < -0.39 is 34.8 Å². The second kappa shape index (κ2) is 8.13. The molecule has 0 fully saturated rings. The Balaban J connectivity index is 1.59. The number of rotatable bonds is 3. The van der Waals surface area contributed by atoms with Crippen LogP contribution in [0, 0.1) is 0 Å². The van der Waals surface area contributed by atoms with Gasteiger partial charge < -0.3 is 14.9 Å². The maximum absolute atomic E-state index is 13.2. The lowest BCUT2D eigenvalue weighted by molar-refractivity contribution is -0.134. The van der Waals surface area contributed by atoms with Gasteiger partial charge in [-0.3, -0.25) is 9.59 Å². The third kappa shape index (κ3) is 3.30. The highest BCUT2D eigenvalue weighted by Gasteiger charge is 2.39. The van der Waals surface area contributed by atoms with Crippen molar-refractivity contribution in [2.45, 2.75) is 0 Å². The Labute approximate surface area is 197 Å². The molecule has 3 aromatic carbocycles. The molecular formula is C26H14ClNO6. The van der Waals surface area contributed by atoms with Crippen molar-refractivity contribution < 1.29 is 29.3 Å². The van der Waals surface area contributed by atoms with E-state index in [9.17, 15) is 24.6 Å². The second-order valence-electron chi connectivity index (χ2n) is 7.45. The third-order valence-corrected chi connectivity index (χ3v) is 5.77. The van der Waals surface area contributed by atoms with Crippen LogP contribution in [0.2, 0.25) is 5.02 Å². The van der Waals surface area contributed by atoms with Crippen molar-refractivity contribution in [3.05, 3.63) is 117 Å². The summed E-state index contributed by atoms with van der Waals surface area (Å²) in [5.41, 5.74) is 0.846. The number of benzene rings is 3. The van der Waals surface area contributed by atoms with Crippen LogP contribution in [0.15, 0.2) is 94.9 Å². The molecule has 0 saturated heterocycles. The van der Waals surface area contributed by atoms with E-state index in [0.29, 0.717) is 21.8 Å². The largest absolute Gasteiger partial charge is 0.506 e. The normalized spacial score (nSPS) is 16.1. The Kier molecular flexibility index (Phi) is 5.11. The average Bonchev–Trinajstić information content (AvgIpc) is 3.13. The summed E-state index contributed by atoms with van der Waals surface area (Å²) in [7, 11) is 0. The molecule has 3 aromatic rings. The number of aliphatic hydroxyl groups is 2. The molecule has 166 valence electrons. The molecular weight excluding hydrogens is 458 g/mol. The number of Topliss-reactive ketones (excluding diaryl/α,β-unsaturated/α-hetero) is 2. The van der Waals surface area contributed by atoms with Gasteiger partial charge in [0.1, 0.15) is 11.3 Å². The number of carbonyl (C=O) groups is 3. The molecule has 0 heterocycles. The van der Waals surface area contributed by atoms with Gasteiger partial charge in [0.15, 0.2) is 0 Å². The standard InChI is InChI=1S/C26H14ClNO6/c27-17-11-5-6-12-18(17)28-20-13-7-1-2-8-14(13)21(29)19(20)26(33)34-25-23(31)16-10-4-3-9-15(16)22(30)24(25)32/h1-12,29,32H. The number of hydrogen-bond donors (Lipinski definition) is 2.